The van der Waals surface area contributed by atoms with Gasteiger partial charge in [-0.1, -0.05) is 57.0 Å². The average molecular weight is 247 g/mol. The second kappa shape index (κ2) is 7.58. The molecule has 1 atom stereocenters. The smallest absolute Gasteiger partial charge is 0.000834 e. The van der Waals surface area contributed by atoms with Crippen molar-refractivity contribution in [3.05, 3.63) is 35.4 Å². The Bertz CT molecular complexity index is 328. The summed E-state index contributed by atoms with van der Waals surface area (Å²) in [6, 6.07) is 9.01. The van der Waals surface area contributed by atoms with Gasteiger partial charge in [-0.05, 0) is 43.7 Å². The van der Waals surface area contributed by atoms with E-state index in [9.17, 15) is 0 Å². The highest BCUT2D eigenvalue weighted by Crippen LogP contribution is 2.27. The molecule has 0 amide bonds. The first kappa shape index (κ1) is 15.2. The lowest BCUT2D eigenvalue weighted by Crippen LogP contribution is -2.34. The van der Waals surface area contributed by atoms with Crippen molar-refractivity contribution >= 4 is 0 Å². The van der Waals surface area contributed by atoms with Gasteiger partial charge in [0.1, 0.15) is 0 Å². The van der Waals surface area contributed by atoms with Crippen molar-refractivity contribution < 1.29 is 0 Å². The summed E-state index contributed by atoms with van der Waals surface area (Å²) < 4.78 is 0. The molecule has 1 unspecified atom stereocenters. The van der Waals surface area contributed by atoms with Gasteiger partial charge in [-0.3, -0.25) is 0 Å². The summed E-state index contributed by atoms with van der Waals surface area (Å²) in [7, 11) is 0. The zero-order chi connectivity index (χ0) is 13.4. The fourth-order valence-corrected chi connectivity index (χ4v) is 2.61. The summed E-state index contributed by atoms with van der Waals surface area (Å²) in [5.74, 6) is 0. The highest BCUT2D eigenvalue weighted by molar-refractivity contribution is 5.22. The SMILES string of the molecule is CCCNCC(C)(CCC)Cc1ccc(C)cc1. The van der Waals surface area contributed by atoms with Crippen LogP contribution in [0.15, 0.2) is 24.3 Å². The minimum Gasteiger partial charge on any atom is -0.316 e. The molecule has 0 radical (unpaired) electrons. The maximum absolute atomic E-state index is 3.59. The van der Waals surface area contributed by atoms with Crippen LogP contribution in [-0.2, 0) is 6.42 Å². The summed E-state index contributed by atoms with van der Waals surface area (Å²) in [4.78, 5) is 0. The molecule has 1 heteroatoms. The fraction of sp³-hybridized carbons (Fsp3) is 0.647. The van der Waals surface area contributed by atoms with E-state index in [0.717, 1.165) is 13.1 Å². The number of nitrogens with one attached hydrogen (secondary N) is 1. The van der Waals surface area contributed by atoms with Crippen LogP contribution in [0.25, 0.3) is 0 Å². The molecule has 0 aliphatic rings. The van der Waals surface area contributed by atoms with Crippen molar-refractivity contribution in [2.45, 2.75) is 53.4 Å². The van der Waals surface area contributed by atoms with Gasteiger partial charge in [0.2, 0.25) is 0 Å². The van der Waals surface area contributed by atoms with Gasteiger partial charge >= 0.3 is 0 Å². The molecule has 0 aromatic heterocycles. The molecule has 1 rings (SSSR count). The normalized spacial score (nSPS) is 14.4. The zero-order valence-electron chi connectivity index (χ0n) is 12.6. The minimum atomic E-state index is 0.388. The molecule has 0 fully saturated rings. The van der Waals surface area contributed by atoms with Crippen molar-refractivity contribution in [1.82, 2.24) is 5.32 Å². The molecule has 0 heterocycles. The van der Waals surface area contributed by atoms with Crippen molar-refractivity contribution in [2.24, 2.45) is 5.41 Å². The third kappa shape index (κ3) is 5.22. The second-order valence-electron chi connectivity index (χ2n) is 5.90. The van der Waals surface area contributed by atoms with Crippen LogP contribution in [0.3, 0.4) is 0 Å². The number of hydrogen-bond donors (Lipinski definition) is 1. The molecule has 1 aromatic carbocycles. The van der Waals surface area contributed by atoms with Gasteiger partial charge in [0, 0.05) is 6.54 Å². The van der Waals surface area contributed by atoms with E-state index < -0.39 is 0 Å². The summed E-state index contributed by atoms with van der Waals surface area (Å²) in [5, 5.41) is 3.59. The molecule has 0 aliphatic carbocycles. The predicted molar refractivity (Wildman–Crippen MR) is 81.1 cm³/mol. The topological polar surface area (TPSA) is 12.0 Å². The van der Waals surface area contributed by atoms with Crippen molar-refractivity contribution in [3.63, 3.8) is 0 Å². The summed E-state index contributed by atoms with van der Waals surface area (Å²) >= 11 is 0. The Morgan fingerprint density at radius 1 is 1.06 bits per heavy atom. The van der Waals surface area contributed by atoms with Crippen LogP contribution >= 0.6 is 0 Å². The Kier molecular flexibility index (Phi) is 6.42. The molecule has 1 aromatic rings. The number of hydrogen-bond acceptors (Lipinski definition) is 1. The molecule has 0 spiro atoms. The number of benzene rings is 1. The van der Waals surface area contributed by atoms with Crippen molar-refractivity contribution in [2.75, 3.05) is 13.1 Å². The third-order valence-corrected chi connectivity index (χ3v) is 3.58. The molecular weight excluding hydrogens is 218 g/mol. The van der Waals surface area contributed by atoms with Crippen LogP contribution in [0, 0.1) is 12.3 Å². The summed E-state index contributed by atoms with van der Waals surface area (Å²) in [5.41, 5.74) is 3.20. The van der Waals surface area contributed by atoms with Gasteiger partial charge < -0.3 is 5.32 Å². The Morgan fingerprint density at radius 3 is 2.28 bits per heavy atom. The van der Waals surface area contributed by atoms with Crippen LogP contribution in [-0.4, -0.2) is 13.1 Å². The van der Waals surface area contributed by atoms with E-state index in [2.05, 4.69) is 57.3 Å². The predicted octanol–water partition coefficient (Wildman–Crippen LogP) is 4.34. The Morgan fingerprint density at radius 2 is 1.72 bits per heavy atom. The molecular formula is C17H29N. The minimum absolute atomic E-state index is 0.388. The van der Waals surface area contributed by atoms with Crippen LogP contribution in [0.4, 0.5) is 0 Å². The maximum atomic E-state index is 3.59. The fourth-order valence-electron chi connectivity index (χ4n) is 2.61. The van der Waals surface area contributed by atoms with Gasteiger partial charge in [-0.2, -0.15) is 0 Å². The van der Waals surface area contributed by atoms with Gasteiger partial charge in [0.05, 0.1) is 0 Å². The van der Waals surface area contributed by atoms with E-state index >= 15 is 0 Å². The van der Waals surface area contributed by atoms with Crippen LogP contribution in [0.1, 0.15) is 51.2 Å². The quantitative estimate of drug-likeness (QED) is 0.674. The van der Waals surface area contributed by atoms with E-state index in [4.69, 9.17) is 0 Å². The van der Waals surface area contributed by atoms with Crippen molar-refractivity contribution in [3.8, 4) is 0 Å². The summed E-state index contributed by atoms with van der Waals surface area (Å²) in [6.07, 6.45) is 4.94. The molecule has 1 N–H and O–H groups in total. The lowest BCUT2D eigenvalue weighted by Gasteiger charge is -2.30. The van der Waals surface area contributed by atoms with Crippen molar-refractivity contribution in [1.29, 1.82) is 0 Å². The van der Waals surface area contributed by atoms with Gasteiger partial charge in [-0.15, -0.1) is 0 Å². The van der Waals surface area contributed by atoms with E-state index in [1.165, 1.54) is 36.8 Å². The van der Waals surface area contributed by atoms with Gasteiger partial charge in [-0.25, -0.2) is 0 Å². The largest absolute Gasteiger partial charge is 0.316 e. The first-order valence-electron chi connectivity index (χ1n) is 7.36. The highest BCUT2D eigenvalue weighted by atomic mass is 14.9. The van der Waals surface area contributed by atoms with E-state index in [0.29, 0.717) is 5.41 Å². The van der Waals surface area contributed by atoms with Crippen LogP contribution in [0.5, 0.6) is 0 Å². The standard InChI is InChI=1S/C17H29N/c1-5-11-17(4,14-18-12-6-2)13-16-9-7-15(3)8-10-16/h7-10,18H,5-6,11-14H2,1-4H3. The maximum Gasteiger partial charge on any atom is 0.000834 e. The Labute approximate surface area is 113 Å². The van der Waals surface area contributed by atoms with Crippen LogP contribution < -0.4 is 5.32 Å². The van der Waals surface area contributed by atoms with Gasteiger partial charge in [0.25, 0.3) is 0 Å². The van der Waals surface area contributed by atoms with E-state index in [1.54, 1.807) is 0 Å². The molecule has 102 valence electrons. The first-order valence-corrected chi connectivity index (χ1v) is 7.36. The summed E-state index contributed by atoms with van der Waals surface area (Å²) in [6.45, 7) is 11.3. The Hall–Kier alpha value is -0.820. The molecule has 0 saturated heterocycles. The molecule has 0 bridgehead atoms. The van der Waals surface area contributed by atoms with E-state index in [1.807, 2.05) is 0 Å². The Balaban J connectivity index is 2.62. The second-order valence-corrected chi connectivity index (χ2v) is 5.90. The lowest BCUT2D eigenvalue weighted by atomic mass is 9.79. The molecule has 0 saturated carbocycles. The average Bonchev–Trinajstić information content (AvgIpc) is 2.33. The lowest BCUT2D eigenvalue weighted by molar-refractivity contribution is 0.275. The molecule has 1 nitrogen and oxygen atoms in total. The third-order valence-electron chi connectivity index (χ3n) is 3.58. The number of rotatable bonds is 8. The number of aryl methyl sites for hydroxylation is 1. The van der Waals surface area contributed by atoms with Crippen LogP contribution in [0.2, 0.25) is 0 Å². The highest BCUT2D eigenvalue weighted by Gasteiger charge is 2.23. The van der Waals surface area contributed by atoms with Gasteiger partial charge in [0.15, 0.2) is 0 Å². The first-order chi connectivity index (χ1) is 8.59. The monoisotopic (exact) mass is 247 g/mol. The van der Waals surface area contributed by atoms with E-state index in [-0.39, 0.29) is 0 Å². The molecule has 18 heavy (non-hydrogen) atoms. The molecule has 0 aliphatic heterocycles. The zero-order valence-corrected chi connectivity index (χ0v) is 12.6.